The smallest absolute Gasteiger partial charge is 0.0487 e. The second-order valence-electron chi connectivity index (χ2n) is 8.53. The van der Waals surface area contributed by atoms with Gasteiger partial charge < -0.3 is 0 Å². The van der Waals surface area contributed by atoms with Gasteiger partial charge in [0.2, 0.25) is 0 Å². The molecule has 5 aliphatic carbocycles. The molecule has 0 aliphatic heterocycles. The molecule has 2 aromatic carbocycles. The Labute approximate surface area is 160 Å². The van der Waals surface area contributed by atoms with Crippen LogP contribution in [0.5, 0.6) is 0 Å². The summed E-state index contributed by atoms with van der Waals surface area (Å²) in [6.07, 6.45) is 7.06. The maximum atomic E-state index is 6.70. The van der Waals surface area contributed by atoms with Gasteiger partial charge in [-0.05, 0) is 90.7 Å². The van der Waals surface area contributed by atoms with Gasteiger partial charge in [-0.1, -0.05) is 48.8 Å². The quantitative estimate of drug-likeness (QED) is 0.454. The average molecular weight is 371 g/mol. The van der Waals surface area contributed by atoms with Crippen LogP contribution >= 0.6 is 23.2 Å². The molecule has 2 heteroatoms. The Hall–Kier alpha value is -0.980. The summed E-state index contributed by atoms with van der Waals surface area (Å²) >= 11 is 13.2. The molecule has 0 atom stereocenters. The molecule has 4 fully saturated rings. The van der Waals surface area contributed by atoms with Crippen molar-refractivity contribution in [3.05, 3.63) is 57.6 Å². The van der Waals surface area contributed by atoms with E-state index in [1.165, 1.54) is 54.4 Å². The van der Waals surface area contributed by atoms with Crippen molar-refractivity contribution in [3.63, 3.8) is 0 Å². The molecule has 25 heavy (non-hydrogen) atoms. The normalized spacial score (nSPS) is 36.2. The second-order valence-corrected chi connectivity index (χ2v) is 9.37. The topological polar surface area (TPSA) is 0 Å². The van der Waals surface area contributed by atoms with E-state index in [-0.39, 0.29) is 12.8 Å². The highest BCUT2D eigenvalue weighted by molar-refractivity contribution is 6.34. The van der Waals surface area contributed by atoms with E-state index >= 15 is 0 Å². The first-order valence-electron chi connectivity index (χ1n) is 9.27. The van der Waals surface area contributed by atoms with Crippen LogP contribution in [-0.2, 0) is 5.41 Å². The summed E-state index contributed by atoms with van der Waals surface area (Å²) in [5, 5.41) is 1.77. The molecule has 0 saturated heterocycles. The lowest BCUT2D eigenvalue weighted by atomic mass is 9.43. The van der Waals surface area contributed by atoms with Crippen molar-refractivity contribution in [1.29, 1.82) is 0 Å². The van der Waals surface area contributed by atoms with E-state index < -0.39 is 0 Å². The molecule has 7 rings (SSSR count). The highest BCUT2D eigenvalue weighted by Gasteiger charge is 2.61. The van der Waals surface area contributed by atoms with Crippen LogP contribution in [0.4, 0.5) is 0 Å². The Balaban J connectivity index is 0.00000140. The van der Waals surface area contributed by atoms with E-state index in [4.69, 9.17) is 23.2 Å². The number of fused-ring (bicyclic) bond motifs is 3. The molecule has 0 heterocycles. The molecule has 130 valence electrons. The van der Waals surface area contributed by atoms with Crippen molar-refractivity contribution in [2.24, 2.45) is 23.7 Å². The zero-order chi connectivity index (χ0) is 16.1. The van der Waals surface area contributed by atoms with Gasteiger partial charge in [0, 0.05) is 21.0 Å². The van der Waals surface area contributed by atoms with Gasteiger partial charge in [-0.15, -0.1) is 0 Å². The van der Waals surface area contributed by atoms with Crippen LogP contribution in [0.15, 0.2) is 36.4 Å². The minimum absolute atomic E-state index is 0. The number of halogens is 2. The van der Waals surface area contributed by atoms with Gasteiger partial charge >= 0.3 is 0 Å². The average Bonchev–Trinajstić information content (AvgIpc) is 2.84. The van der Waals surface area contributed by atoms with Crippen LogP contribution in [-0.4, -0.2) is 0 Å². The number of hydrogen-bond acceptors (Lipinski definition) is 0. The molecule has 1 spiro atoms. The Morgan fingerprint density at radius 1 is 0.800 bits per heavy atom. The highest BCUT2D eigenvalue weighted by atomic mass is 35.5. The summed E-state index contributed by atoms with van der Waals surface area (Å²) < 4.78 is 0. The van der Waals surface area contributed by atoms with Crippen LogP contribution in [0.1, 0.15) is 50.7 Å². The molecule has 5 aliphatic rings. The molecule has 4 saturated carbocycles. The molecule has 0 amide bonds. The molecule has 0 unspecified atom stereocenters. The highest BCUT2D eigenvalue weighted by Crippen LogP contribution is 2.69. The summed E-state index contributed by atoms with van der Waals surface area (Å²) in [7, 11) is 0. The predicted molar refractivity (Wildman–Crippen MR) is 106 cm³/mol. The molecule has 0 aromatic heterocycles. The first-order valence-corrected chi connectivity index (χ1v) is 10.0. The van der Waals surface area contributed by atoms with Crippen molar-refractivity contribution in [2.75, 3.05) is 0 Å². The Kier molecular flexibility index (Phi) is 3.42. The second kappa shape index (κ2) is 5.27. The maximum Gasteiger partial charge on any atom is 0.0487 e. The van der Waals surface area contributed by atoms with Crippen LogP contribution in [0.3, 0.4) is 0 Å². The summed E-state index contributed by atoms with van der Waals surface area (Å²) in [5.74, 6) is 3.46. The minimum atomic E-state index is 0. The molecular formula is C23H24Cl2. The van der Waals surface area contributed by atoms with Gasteiger partial charge in [0.15, 0.2) is 0 Å². The lowest BCUT2D eigenvalue weighted by Gasteiger charge is -2.61. The third kappa shape index (κ3) is 1.86. The van der Waals surface area contributed by atoms with E-state index in [1.807, 2.05) is 12.1 Å². The monoisotopic (exact) mass is 370 g/mol. The molecule has 4 bridgehead atoms. The van der Waals surface area contributed by atoms with E-state index in [1.54, 1.807) is 0 Å². The standard InChI is InChI=1S/C22H20Cl2.CH4/c23-16-4-5-17-19(11-16)22(18-2-1-3-20(24)21(17)18)14-7-12-6-13(9-14)10-15(22)8-12;/h1-5,11-15H,6-10H2;1H4. The van der Waals surface area contributed by atoms with Crippen molar-refractivity contribution < 1.29 is 0 Å². The fourth-order valence-corrected chi connectivity index (χ4v) is 7.62. The van der Waals surface area contributed by atoms with Gasteiger partial charge in [-0.25, -0.2) is 0 Å². The maximum absolute atomic E-state index is 6.70. The Bertz CT molecular complexity index is 838. The summed E-state index contributed by atoms with van der Waals surface area (Å²) in [6.45, 7) is 0. The van der Waals surface area contributed by atoms with Crippen molar-refractivity contribution in [3.8, 4) is 11.1 Å². The number of rotatable bonds is 0. The SMILES string of the molecule is C.Clc1ccc2c(c1)C1(c3cccc(Cl)c3-2)C2CC3CC(C2)CC1C3. The largest absolute Gasteiger partial charge is 0.0843 e. The summed E-state index contributed by atoms with van der Waals surface area (Å²) in [5.41, 5.74) is 5.78. The minimum Gasteiger partial charge on any atom is -0.0843 e. The predicted octanol–water partition coefficient (Wildman–Crippen LogP) is 7.35. The fraction of sp³-hybridized carbons (Fsp3) is 0.478. The zero-order valence-corrected chi connectivity index (χ0v) is 15.1. The first-order chi connectivity index (χ1) is 11.7. The van der Waals surface area contributed by atoms with Gasteiger partial charge in [0.1, 0.15) is 0 Å². The van der Waals surface area contributed by atoms with Gasteiger partial charge in [-0.3, -0.25) is 0 Å². The van der Waals surface area contributed by atoms with Crippen molar-refractivity contribution in [1.82, 2.24) is 0 Å². The molecule has 0 N–H and O–H groups in total. The lowest BCUT2D eigenvalue weighted by molar-refractivity contribution is -0.0399. The zero-order valence-electron chi connectivity index (χ0n) is 13.6. The third-order valence-electron chi connectivity index (χ3n) is 7.58. The van der Waals surface area contributed by atoms with Crippen LogP contribution in [0.2, 0.25) is 10.0 Å². The number of benzene rings is 2. The summed E-state index contributed by atoms with van der Waals surface area (Å²) in [6, 6.07) is 13.1. The molecule has 0 nitrogen and oxygen atoms in total. The van der Waals surface area contributed by atoms with Crippen LogP contribution in [0, 0.1) is 23.7 Å². The van der Waals surface area contributed by atoms with E-state index in [9.17, 15) is 0 Å². The van der Waals surface area contributed by atoms with Gasteiger partial charge in [0.05, 0.1) is 0 Å². The van der Waals surface area contributed by atoms with E-state index in [2.05, 4.69) is 24.3 Å². The lowest BCUT2D eigenvalue weighted by Crippen LogP contribution is -2.55. The molecule has 2 aromatic rings. The van der Waals surface area contributed by atoms with Gasteiger partial charge in [0.25, 0.3) is 0 Å². The Morgan fingerprint density at radius 3 is 2.16 bits per heavy atom. The number of hydrogen-bond donors (Lipinski definition) is 0. The van der Waals surface area contributed by atoms with Gasteiger partial charge in [-0.2, -0.15) is 0 Å². The van der Waals surface area contributed by atoms with E-state index in [0.29, 0.717) is 0 Å². The van der Waals surface area contributed by atoms with Crippen molar-refractivity contribution >= 4 is 23.2 Å². The Morgan fingerprint density at radius 2 is 1.48 bits per heavy atom. The van der Waals surface area contributed by atoms with E-state index in [0.717, 1.165) is 33.7 Å². The molecule has 0 radical (unpaired) electrons. The molecular weight excluding hydrogens is 347 g/mol. The van der Waals surface area contributed by atoms with Crippen LogP contribution in [0.25, 0.3) is 11.1 Å². The van der Waals surface area contributed by atoms with Crippen LogP contribution < -0.4 is 0 Å². The third-order valence-corrected chi connectivity index (χ3v) is 8.13. The first kappa shape index (κ1) is 16.2. The van der Waals surface area contributed by atoms with Crippen molar-refractivity contribution in [2.45, 2.75) is 44.9 Å². The fourth-order valence-electron chi connectivity index (χ4n) is 7.17. The summed E-state index contributed by atoms with van der Waals surface area (Å²) in [4.78, 5) is 0.